The molecule has 0 spiro atoms. The van der Waals surface area contributed by atoms with Crippen LogP contribution in [0.15, 0.2) is 36.4 Å². The molecule has 0 fully saturated rings. The molecule has 2 aromatic rings. The highest BCUT2D eigenvalue weighted by atomic mass is 35.5. The standard InChI is InChI=1S/C21H26ClNO3/c1-13(2)16-11-17(22)15(5)10-20(16)25-12-21(24)23-18-8-6-7-9-19(18)26-14(3)4/h6-11,13-14H,12H2,1-5H3,(H,23,24). The van der Waals surface area contributed by atoms with Crippen molar-refractivity contribution in [1.29, 1.82) is 0 Å². The highest BCUT2D eigenvalue weighted by Crippen LogP contribution is 2.32. The number of hydrogen-bond donors (Lipinski definition) is 1. The lowest BCUT2D eigenvalue weighted by Gasteiger charge is -2.17. The third kappa shape index (κ3) is 5.40. The number of nitrogens with one attached hydrogen (secondary N) is 1. The van der Waals surface area contributed by atoms with Gasteiger partial charge >= 0.3 is 0 Å². The molecular formula is C21H26ClNO3. The predicted octanol–water partition coefficient (Wildman–Crippen LogP) is 5.58. The SMILES string of the molecule is Cc1cc(OCC(=O)Nc2ccccc2OC(C)C)c(C(C)C)cc1Cl. The third-order valence-corrected chi connectivity index (χ3v) is 4.20. The van der Waals surface area contributed by atoms with Crippen molar-refractivity contribution in [3.05, 3.63) is 52.5 Å². The van der Waals surface area contributed by atoms with Gasteiger partial charge in [0.1, 0.15) is 11.5 Å². The van der Waals surface area contributed by atoms with Gasteiger partial charge in [0.05, 0.1) is 11.8 Å². The highest BCUT2D eigenvalue weighted by molar-refractivity contribution is 6.31. The Labute approximate surface area is 160 Å². The molecule has 26 heavy (non-hydrogen) atoms. The third-order valence-electron chi connectivity index (χ3n) is 3.80. The number of aryl methyl sites for hydroxylation is 1. The molecule has 0 bridgehead atoms. The first-order chi connectivity index (χ1) is 12.3. The molecule has 0 saturated heterocycles. The first kappa shape index (κ1) is 20.1. The van der Waals surface area contributed by atoms with E-state index in [9.17, 15) is 4.79 Å². The van der Waals surface area contributed by atoms with E-state index >= 15 is 0 Å². The number of carbonyl (C=O) groups is 1. The molecule has 5 heteroatoms. The maximum Gasteiger partial charge on any atom is 0.262 e. The Morgan fingerprint density at radius 1 is 1.12 bits per heavy atom. The molecule has 2 rings (SSSR count). The molecule has 0 aliphatic heterocycles. The van der Waals surface area contributed by atoms with Gasteiger partial charge in [0.25, 0.3) is 5.91 Å². The van der Waals surface area contributed by atoms with Crippen molar-refractivity contribution in [2.75, 3.05) is 11.9 Å². The zero-order valence-corrected chi connectivity index (χ0v) is 16.7. The molecule has 1 N–H and O–H groups in total. The second-order valence-corrected chi connectivity index (χ2v) is 7.20. The molecule has 0 heterocycles. The molecule has 0 radical (unpaired) electrons. The number of anilines is 1. The summed E-state index contributed by atoms with van der Waals surface area (Å²) in [6.45, 7) is 9.84. The van der Waals surface area contributed by atoms with Crippen LogP contribution in [-0.4, -0.2) is 18.6 Å². The van der Waals surface area contributed by atoms with Crippen LogP contribution in [0, 0.1) is 6.92 Å². The molecular weight excluding hydrogens is 350 g/mol. The quantitative estimate of drug-likeness (QED) is 0.687. The first-order valence-electron chi connectivity index (χ1n) is 8.76. The number of carbonyl (C=O) groups excluding carboxylic acids is 1. The van der Waals surface area contributed by atoms with Gasteiger partial charge in [-0.05, 0) is 62.1 Å². The molecule has 1 amide bonds. The number of rotatable bonds is 7. The van der Waals surface area contributed by atoms with Crippen molar-refractivity contribution in [2.24, 2.45) is 0 Å². The van der Waals surface area contributed by atoms with E-state index in [0.717, 1.165) is 11.1 Å². The van der Waals surface area contributed by atoms with Gasteiger partial charge in [0, 0.05) is 5.02 Å². The Balaban J connectivity index is 2.07. The normalized spacial score (nSPS) is 10.9. The molecule has 0 aliphatic carbocycles. The Hall–Kier alpha value is -2.20. The highest BCUT2D eigenvalue weighted by Gasteiger charge is 2.14. The fourth-order valence-electron chi connectivity index (χ4n) is 2.50. The van der Waals surface area contributed by atoms with Crippen LogP contribution in [0.4, 0.5) is 5.69 Å². The van der Waals surface area contributed by atoms with E-state index in [2.05, 4.69) is 19.2 Å². The van der Waals surface area contributed by atoms with E-state index in [1.165, 1.54) is 0 Å². The fraction of sp³-hybridized carbons (Fsp3) is 0.381. The lowest BCUT2D eigenvalue weighted by atomic mass is 10.0. The second-order valence-electron chi connectivity index (χ2n) is 6.79. The van der Waals surface area contributed by atoms with E-state index in [0.29, 0.717) is 22.2 Å². The summed E-state index contributed by atoms with van der Waals surface area (Å²) in [4.78, 5) is 12.3. The van der Waals surface area contributed by atoms with Gasteiger partial charge in [-0.1, -0.05) is 37.6 Å². The molecule has 2 aromatic carbocycles. The van der Waals surface area contributed by atoms with Gasteiger partial charge in [-0.2, -0.15) is 0 Å². The lowest BCUT2D eigenvalue weighted by molar-refractivity contribution is -0.118. The summed E-state index contributed by atoms with van der Waals surface area (Å²) in [6, 6.07) is 11.1. The van der Waals surface area contributed by atoms with Crippen molar-refractivity contribution >= 4 is 23.2 Å². The Bertz CT molecular complexity index is 772. The van der Waals surface area contributed by atoms with Crippen molar-refractivity contribution in [3.63, 3.8) is 0 Å². The Morgan fingerprint density at radius 2 is 1.81 bits per heavy atom. The van der Waals surface area contributed by atoms with Crippen molar-refractivity contribution in [1.82, 2.24) is 0 Å². The smallest absolute Gasteiger partial charge is 0.262 e. The van der Waals surface area contributed by atoms with Crippen LogP contribution in [-0.2, 0) is 4.79 Å². The van der Waals surface area contributed by atoms with Crippen LogP contribution in [0.5, 0.6) is 11.5 Å². The van der Waals surface area contributed by atoms with E-state index in [1.807, 2.05) is 57.2 Å². The summed E-state index contributed by atoms with van der Waals surface area (Å²) in [6.07, 6.45) is 0.0231. The van der Waals surface area contributed by atoms with Gasteiger partial charge < -0.3 is 14.8 Å². The van der Waals surface area contributed by atoms with Crippen LogP contribution in [0.2, 0.25) is 5.02 Å². The molecule has 140 valence electrons. The average molecular weight is 376 g/mol. The zero-order chi connectivity index (χ0) is 19.3. The lowest BCUT2D eigenvalue weighted by Crippen LogP contribution is -2.21. The maximum atomic E-state index is 12.3. The van der Waals surface area contributed by atoms with Gasteiger partial charge in [-0.15, -0.1) is 0 Å². The molecule has 0 unspecified atom stereocenters. The van der Waals surface area contributed by atoms with Gasteiger partial charge in [0.2, 0.25) is 0 Å². The van der Waals surface area contributed by atoms with Crippen LogP contribution < -0.4 is 14.8 Å². The topological polar surface area (TPSA) is 47.6 Å². The number of halogens is 1. The molecule has 0 saturated carbocycles. The number of hydrogen-bond acceptors (Lipinski definition) is 3. The predicted molar refractivity (Wildman–Crippen MR) is 107 cm³/mol. The first-order valence-corrected chi connectivity index (χ1v) is 9.14. The van der Waals surface area contributed by atoms with Gasteiger partial charge in [-0.3, -0.25) is 4.79 Å². The van der Waals surface area contributed by atoms with E-state index in [-0.39, 0.29) is 24.5 Å². The minimum absolute atomic E-state index is 0.0231. The minimum atomic E-state index is -0.243. The number of para-hydroxylation sites is 2. The van der Waals surface area contributed by atoms with Crippen LogP contribution >= 0.6 is 11.6 Å². The molecule has 0 aliphatic rings. The molecule has 0 atom stereocenters. The van der Waals surface area contributed by atoms with Gasteiger partial charge in [0.15, 0.2) is 6.61 Å². The van der Waals surface area contributed by atoms with Crippen LogP contribution in [0.3, 0.4) is 0 Å². The summed E-state index contributed by atoms with van der Waals surface area (Å²) < 4.78 is 11.5. The summed E-state index contributed by atoms with van der Waals surface area (Å²) >= 11 is 6.21. The Kier molecular flexibility index (Phi) is 6.92. The fourth-order valence-corrected chi connectivity index (χ4v) is 2.67. The maximum absolute atomic E-state index is 12.3. The zero-order valence-electron chi connectivity index (χ0n) is 15.9. The Morgan fingerprint density at radius 3 is 2.46 bits per heavy atom. The summed E-state index contributed by atoms with van der Waals surface area (Å²) in [5.41, 5.74) is 2.53. The summed E-state index contributed by atoms with van der Waals surface area (Å²) in [5.74, 6) is 1.32. The number of ether oxygens (including phenoxy) is 2. The van der Waals surface area contributed by atoms with E-state index < -0.39 is 0 Å². The van der Waals surface area contributed by atoms with Crippen molar-refractivity contribution in [3.8, 4) is 11.5 Å². The van der Waals surface area contributed by atoms with Crippen LogP contribution in [0.25, 0.3) is 0 Å². The summed E-state index contributed by atoms with van der Waals surface area (Å²) in [5, 5.41) is 3.55. The molecule has 0 aromatic heterocycles. The van der Waals surface area contributed by atoms with Crippen LogP contribution in [0.1, 0.15) is 44.7 Å². The van der Waals surface area contributed by atoms with Crippen molar-refractivity contribution in [2.45, 2.75) is 46.6 Å². The van der Waals surface area contributed by atoms with E-state index in [1.54, 1.807) is 0 Å². The van der Waals surface area contributed by atoms with Crippen molar-refractivity contribution < 1.29 is 14.3 Å². The van der Waals surface area contributed by atoms with Gasteiger partial charge in [-0.25, -0.2) is 0 Å². The van der Waals surface area contributed by atoms with E-state index in [4.69, 9.17) is 21.1 Å². The minimum Gasteiger partial charge on any atom is -0.489 e. The second kappa shape index (κ2) is 8.95. The largest absolute Gasteiger partial charge is 0.489 e. The monoisotopic (exact) mass is 375 g/mol. The average Bonchev–Trinajstić information content (AvgIpc) is 2.56. The number of benzene rings is 2. The number of amides is 1. The molecule has 4 nitrogen and oxygen atoms in total. The summed E-state index contributed by atoms with van der Waals surface area (Å²) in [7, 11) is 0.